The molecule has 0 fully saturated rings. The van der Waals surface area contributed by atoms with Gasteiger partial charge in [-0.2, -0.15) is 0 Å². The van der Waals surface area contributed by atoms with Crippen molar-refractivity contribution in [2.75, 3.05) is 11.4 Å². The minimum Gasteiger partial charge on any atom is -0.389 e. The molecule has 1 N–H and O–H groups in total. The maximum absolute atomic E-state index is 13.4. The third-order valence-corrected chi connectivity index (χ3v) is 3.38. The van der Waals surface area contributed by atoms with Gasteiger partial charge in [0.2, 0.25) is 0 Å². The van der Waals surface area contributed by atoms with Crippen molar-refractivity contribution in [3.8, 4) is 0 Å². The van der Waals surface area contributed by atoms with Crippen molar-refractivity contribution in [2.45, 2.75) is 26.5 Å². The summed E-state index contributed by atoms with van der Waals surface area (Å²) in [6, 6.07) is 14.7. The van der Waals surface area contributed by atoms with Crippen molar-refractivity contribution in [2.24, 2.45) is 0 Å². The summed E-state index contributed by atoms with van der Waals surface area (Å²) in [5.41, 5.74) is 2.70. The Morgan fingerprint density at radius 1 is 1.15 bits per heavy atom. The number of benzene rings is 2. The van der Waals surface area contributed by atoms with E-state index in [-0.39, 0.29) is 5.82 Å². The Morgan fingerprint density at radius 3 is 2.45 bits per heavy atom. The molecule has 3 heteroatoms. The van der Waals surface area contributed by atoms with Gasteiger partial charge >= 0.3 is 0 Å². The molecule has 0 saturated heterocycles. The minimum atomic E-state index is -0.689. The number of halogens is 1. The molecule has 0 radical (unpaired) electrons. The van der Waals surface area contributed by atoms with Gasteiger partial charge in [0.05, 0.1) is 6.10 Å². The first kappa shape index (κ1) is 14.5. The molecule has 0 unspecified atom stereocenters. The summed E-state index contributed by atoms with van der Waals surface area (Å²) in [6.07, 6.45) is -0.689. The second-order valence-electron chi connectivity index (χ2n) is 4.88. The molecule has 2 nitrogen and oxygen atoms in total. The molecule has 0 spiro atoms. The molecule has 0 heterocycles. The highest BCUT2D eigenvalue weighted by atomic mass is 19.1. The quantitative estimate of drug-likeness (QED) is 0.893. The van der Waals surface area contributed by atoms with Crippen molar-refractivity contribution in [3.63, 3.8) is 0 Å². The lowest BCUT2D eigenvalue weighted by molar-refractivity contribution is 0.199. The first-order valence-electron chi connectivity index (χ1n) is 6.88. The van der Waals surface area contributed by atoms with Crippen molar-refractivity contribution in [1.29, 1.82) is 0 Å². The van der Waals surface area contributed by atoms with Crippen molar-refractivity contribution >= 4 is 5.69 Å². The van der Waals surface area contributed by atoms with Gasteiger partial charge in [0.15, 0.2) is 0 Å². The molecular formula is C17H20FNO. The van der Waals surface area contributed by atoms with E-state index in [4.69, 9.17) is 0 Å². The van der Waals surface area contributed by atoms with E-state index < -0.39 is 6.10 Å². The maximum Gasteiger partial charge on any atom is 0.123 e. The molecule has 0 bridgehead atoms. The molecule has 0 aliphatic rings. The molecule has 2 aromatic rings. The molecule has 2 aromatic carbocycles. The van der Waals surface area contributed by atoms with Gasteiger partial charge in [-0.05, 0) is 37.6 Å². The molecule has 0 saturated carbocycles. The Kier molecular flexibility index (Phi) is 4.74. The van der Waals surface area contributed by atoms with E-state index >= 15 is 0 Å². The van der Waals surface area contributed by atoms with Crippen LogP contribution in [0.5, 0.6) is 0 Å². The van der Waals surface area contributed by atoms with Gasteiger partial charge in [-0.25, -0.2) is 4.39 Å². The van der Waals surface area contributed by atoms with Crippen molar-refractivity contribution in [1.82, 2.24) is 0 Å². The van der Waals surface area contributed by atoms with Gasteiger partial charge in [-0.15, -0.1) is 0 Å². The van der Waals surface area contributed by atoms with E-state index in [1.165, 1.54) is 17.7 Å². The number of aliphatic hydroxyl groups excluding tert-OH is 1. The van der Waals surface area contributed by atoms with Gasteiger partial charge in [-0.1, -0.05) is 30.3 Å². The Bertz CT molecular complexity index is 554. The van der Waals surface area contributed by atoms with Gasteiger partial charge in [0, 0.05) is 24.3 Å². The molecule has 2 rings (SSSR count). The average Bonchev–Trinajstić information content (AvgIpc) is 2.46. The zero-order valence-electron chi connectivity index (χ0n) is 11.9. The van der Waals surface area contributed by atoms with E-state index in [2.05, 4.69) is 24.0 Å². The van der Waals surface area contributed by atoms with Crippen LogP contribution in [0.4, 0.5) is 10.1 Å². The fourth-order valence-electron chi connectivity index (χ4n) is 2.32. The predicted octanol–water partition coefficient (Wildman–Crippen LogP) is 3.91. The zero-order valence-corrected chi connectivity index (χ0v) is 11.9. The van der Waals surface area contributed by atoms with Crippen LogP contribution in [0.1, 0.15) is 31.1 Å². The smallest absolute Gasteiger partial charge is 0.123 e. The van der Waals surface area contributed by atoms with Gasteiger partial charge < -0.3 is 10.0 Å². The SMILES string of the molecule is CCN(Cc1ccccc1)c1ccc(F)cc1[C@@H](C)O. The lowest BCUT2D eigenvalue weighted by Crippen LogP contribution is -2.23. The molecule has 0 aliphatic carbocycles. The normalized spacial score (nSPS) is 12.2. The topological polar surface area (TPSA) is 23.5 Å². The molecule has 0 aromatic heterocycles. The van der Waals surface area contributed by atoms with Crippen molar-refractivity contribution in [3.05, 3.63) is 65.5 Å². The van der Waals surface area contributed by atoms with Crippen molar-refractivity contribution < 1.29 is 9.50 Å². The third-order valence-electron chi connectivity index (χ3n) is 3.38. The summed E-state index contributed by atoms with van der Waals surface area (Å²) in [6.45, 7) is 5.25. The van der Waals surface area contributed by atoms with Crippen LogP contribution in [0.2, 0.25) is 0 Å². The van der Waals surface area contributed by atoms with Crippen LogP contribution in [-0.4, -0.2) is 11.7 Å². The summed E-state index contributed by atoms with van der Waals surface area (Å²) in [7, 11) is 0. The van der Waals surface area contributed by atoms with Crippen LogP contribution < -0.4 is 4.90 Å². The van der Waals surface area contributed by atoms with Crippen LogP contribution >= 0.6 is 0 Å². The Morgan fingerprint density at radius 2 is 1.85 bits per heavy atom. The summed E-state index contributed by atoms with van der Waals surface area (Å²) in [4.78, 5) is 2.14. The van der Waals surface area contributed by atoms with Crippen LogP contribution in [0, 0.1) is 5.82 Å². The lowest BCUT2D eigenvalue weighted by Gasteiger charge is -2.27. The van der Waals surface area contributed by atoms with E-state index in [1.807, 2.05) is 18.2 Å². The Balaban J connectivity index is 2.32. The fraction of sp³-hybridized carbons (Fsp3) is 0.294. The number of rotatable bonds is 5. The Hall–Kier alpha value is -1.87. The highest BCUT2D eigenvalue weighted by Gasteiger charge is 2.14. The highest BCUT2D eigenvalue weighted by molar-refractivity contribution is 5.55. The number of nitrogens with zero attached hydrogens (tertiary/aromatic N) is 1. The monoisotopic (exact) mass is 273 g/mol. The fourth-order valence-corrected chi connectivity index (χ4v) is 2.32. The minimum absolute atomic E-state index is 0.319. The summed E-state index contributed by atoms with van der Waals surface area (Å²) < 4.78 is 13.4. The molecule has 0 amide bonds. The molecule has 20 heavy (non-hydrogen) atoms. The highest BCUT2D eigenvalue weighted by Crippen LogP contribution is 2.28. The van der Waals surface area contributed by atoms with E-state index in [0.717, 1.165) is 18.8 Å². The van der Waals surface area contributed by atoms with E-state index in [1.54, 1.807) is 13.0 Å². The third kappa shape index (κ3) is 3.36. The molecule has 0 aliphatic heterocycles. The molecule has 106 valence electrons. The van der Waals surface area contributed by atoms with Crippen LogP contribution in [0.25, 0.3) is 0 Å². The largest absolute Gasteiger partial charge is 0.389 e. The number of aliphatic hydroxyl groups is 1. The predicted molar refractivity (Wildman–Crippen MR) is 80.2 cm³/mol. The molecule has 1 atom stereocenters. The first-order valence-corrected chi connectivity index (χ1v) is 6.88. The number of anilines is 1. The van der Waals surface area contributed by atoms with Gasteiger partial charge in [0.25, 0.3) is 0 Å². The average molecular weight is 273 g/mol. The van der Waals surface area contributed by atoms with Crippen LogP contribution in [0.15, 0.2) is 48.5 Å². The summed E-state index contributed by atoms with van der Waals surface area (Å²) in [5, 5.41) is 9.85. The summed E-state index contributed by atoms with van der Waals surface area (Å²) >= 11 is 0. The maximum atomic E-state index is 13.4. The second-order valence-corrected chi connectivity index (χ2v) is 4.88. The van der Waals surface area contributed by atoms with Crippen LogP contribution in [-0.2, 0) is 6.54 Å². The zero-order chi connectivity index (χ0) is 14.5. The van der Waals surface area contributed by atoms with E-state index in [9.17, 15) is 9.50 Å². The summed E-state index contributed by atoms with van der Waals surface area (Å²) in [5.74, 6) is -0.319. The number of hydrogen-bond donors (Lipinski definition) is 1. The number of hydrogen-bond acceptors (Lipinski definition) is 2. The van der Waals surface area contributed by atoms with Crippen LogP contribution in [0.3, 0.4) is 0 Å². The first-order chi connectivity index (χ1) is 9.61. The Labute approximate surface area is 119 Å². The van der Waals surface area contributed by atoms with Gasteiger partial charge in [-0.3, -0.25) is 0 Å². The molecular weight excluding hydrogens is 253 g/mol. The second kappa shape index (κ2) is 6.53. The standard InChI is InChI=1S/C17H20FNO/c1-3-19(12-14-7-5-4-6-8-14)17-10-9-15(18)11-16(17)13(2)20/h4-11,13,20H,3,12H2,1-2H3/t13-/m1/s1. The van der Waals surface area contributed by atoms with Gasteiger partial charge in [0.1, 0.15) is 5.82 Å². The van der Waals surface area contributed by atoms with E-state index in [0.29, 0.717) is 5.56 Å². The lowest BCUT2D eigenvalue weighted by atomic mass is 10.1.